The second-order valence-electron chi connectivity index (χ2n) is 7.86. The van der Waals surface area contributed by atoms with Crippen molar-refractivity contribution in [1.29, 1.82) is 0 Å². The summed E-state index contributed by atoms with van der Waals surface area (Å²) in [7, 11) is 0. The second kappa shape index (κ2) is 6.99. The molecule has 4 nitrogen and oxygen atoms in total. The van der Waals surface area contributed by atoms with E-state index in [-0.39, 0.29) is 11.8 Å². The van der Waals surface area contributed by atoms with Gasteiger partial charge in [-0.1, -0.05) is 59.6 Å². The van der Waals surface area contributed by atoms with Gasteiger partial charge in [0.05, 0.1) is 0 Å². The minimum atomic E-state index is -0.975. The van der Waals surface area contributed by atoms with Gasteiger partial charge in [-0.3, -0.25) is 9.59 Å². The molecule has 5 heteroatoms. The lowest BCUT2D eigenvalue weighted by Crippen LogP contribution is -2.62. The number of hydrogen-bond acceptors (Lipinski definition) is 2. The SMILES string of the molecule is Cc1cccc(C(=O)N2CCCN3C(=O)c4ccccc4C23c2ccc(Cl)cc2)c1. The van der Waals surface area contributed by atoms with Crippen LogP contribution in [0.2, 0.25) is 5.02 Å². The van der Waals surface area contributed by atoms with Crippen LogP contribution >= 0.6 is 11.6 Å². The van der Waals surface area contributed by atoms with Gasteiger partial charge in [0.1, 0.15) is 0 Å². The molecular formula is C25H21ClN2O2. The predicted molar refractivity (Wildman–Crippen MR) is 117 cm³/mol. The zero-order valence-electron chi connectivity index (χ0n) is 16.6. The number of amides is 2. The van der Waals surface area contributed by atoms with Crippen LogP contribution in [0.25, 0.3) is 0 Å². The average molecular weight is 417 g/mol. The van der Waals surface area contributed by atoms with Gasteiger partial charge in [0, 0.05) is 40.4 Å². The fourth-order valence-electron chi connectivity index (χ4n) is 4.85. The monoisotopic (exact) mass is 416 g/mol. The van der Waals surface area contributed by atoms with Crippen molar-refractivity contribution in [3.8, 4) is 0 Å². The van der Waals surface area contributed by atoms with Crippen LogP contribution in [0.15, 0.2) is 72.8 Å². The third-order valence-electron chi connectivity index (χ3n) is 6.08. The third-order valence-corrected chi connectivity index (χ3v) is 6.33. The van der Waals surface area contributed by atoms with E-state index in [0.717, 1.165) is 23.1 Å². The molecule has 150 valence electrons. The smallest absolute Gasteiger partial charge is 0.256 e. The van der Waals surface area contributed by atoms with Crippen molar-refractivity contribution in [1.82, 2.24) is 9.80 Å². The highest BCUT2D eigenvalue weighted by Crippen LogP contribution is 2.49. The number of fused-ring (bicyclic) bond motifs is 3. The first-order valence-electron chi connectivity index (χ1n) is 10.1. The first-order chi connectivity index (χ1) is 14.5. The Labute approximate surface area is 180 Å². The maximum Gasteiger partial charge on any atom is 0.256 e. The number of carbonyl (C=O) groups excluding carboxylic acids is 2. The minimum absolute atomic E-state index is 0.0395. The Morgan fingerprint density at radius 2 is 1.73 bits per heavy atom. The summed E-state index contributed by atoms with van der Waals surface area (Å²) in [6, 6.07) is 22.7. The van der Waals surface area contributed by atoms with Crippen LogP contribution < -0.4 is 0 Å². The van der Waals surface area contributed by atoms with E-state index in [2.05, 4.69) is 0 Å². The van der Waals surface area contributed by atoms with E-state index >= 15 is 0 Å². The van der Waals surface area contributed by atoms with Crippen molar-refractivity contribution in [2.45, 2.75) is 19.0 Å². The summed E-state index contributed by atoms with van der Waals surface area (Å²) in [5.41, 5.74) is 3.04. The summed E-state index contributed by atoms with van der Waals surface area (Å²) in [4.78, 5) is 30.9. The van der Waals surface area contributed by atoms with E-state index in [1.165, 1.54) is 0 Å². The van der Waals surface area contributed by atoms with Gasteiger partial charge in [-0.25, -0.2) is 0 Å². The molecule has 30 heavy (non-hydrogen) atoms. The van der Waals surface area contributed by atoms with Crippen molar-refractivity contribution < 1.29 is 9.59 Å². The molecule has 3 aromatic carbocycles. The van der Waals surface area contributed by atoms with Crippen LogP contribution in [0, 0.1) is 6.92 Å². The molecular weight excluding hydrogens is 396 g/mol. The average Bonchev–Trinajstić information content (AvgIpc) is 3.03. The number of nitrogens with zero attached hydrogens (tertiary/aromatic N) is 2. The highest BCUT2D eigenvalue weighted by atomic mass is 35.5. The molecule has 0 radical (unpaired) electrons. The number of hydrogen-bond donors (Lipinski definition) is 0. The van der Waals surface area contributed by atoms with Gasteiger partial charge in [0.15, 0.2) is 5.66 Å². The molecule has 2 aliphatic rings. The van der Waals surface area contributed by atoms with Crippen LogP contribution in [-0.4, -0.2) is 34.7 Å². The molecule has 1 fully saturated rings. The van der Waals surface area contributed by atoms with Gasteiger partial charge in [0.25, 0.3) is 11.8 Å². The largest absolute Gasteiger partial charge is 0.307 e. The lowest BCUT2D eigenvalue weighted by atomic mass is 9.86. The molecule has 0 aromatic heterocycles. The minimum Gasteiger partial charge on any atom is -0.307 e. The number of benzene rings is 3. The number of carbonyl (C=O) groups is 2. The van der Waals surface area contributed by atoms with Crippen molar-refractivity contribution in [2.24, 2.45) is 0 Å². The molecule has 2 aliphatic heterocycles. The molecule has 0 N–H and O–H groups in total. The molecule has 2 heterocycles. The number of aryl methyl sites for hydroxylation is 1. The van der Waals surface area contributed by atoms with Crippen LogP contribution in [0.1, 0.15) is 43.8 Å². The molecule has 0 saturated carbocycles. The fourth-order valence-corrected chi connectivity index (χ4v) is 4.97. The molecule has 3 aromatic rings. The molecule has 0 spiro atoms. The van der Waals surface area contributed by atoms with Crippen molar-refractivity contribution in [3.63, 3.8) is 0 Å². The van der Waals surface area contributed by atoms with Crippen LogP contribution in [0.5, 0.6) is 0 Å². The van der Waals surface area contributed by atoms with E-state index < -0.39 is 5.66 Å². The van der Waals surface area contributed by atoms with E-state index in [1.807, 2.05) is 89.5 Å². The van der Waals surface area contributed by atoms with E-state index in [4.69, 9.17) is 11.6 Å². The van der Waals surface area contributed by atoms with Gasteiger partial charge < -0.3 is 9.80 Å². The summed E-state index contributed by atoms with van der Waals surface area (Å²) in [6.07, 6.45) is 0.729. The molecule has 1 unspecified atom stereocenters. The van der Waals surface area contributed by atoms with Crippen LogP contribution in [0.4, 0.5) is 0 Å². The maximum absolute atomic E-state index is 13.8. The summed E-state index contributed by atoms with van der Waals surface area (Å²) in [5.74, 6) is -0.120. The van der Waals surface area contributed by atoms with E-state index in [1.54, 1.807) is 0 Å². The van der Waals surface area contributed by atoms with Gasteiger partial charge in [-0.15, -0.1) is 0 Å². The molecule has 1 atom stereocenters. The highest BCUT2D eigenvalue weighted by Gasteiger charge is 2.57. The Hall–Kier alpha value is -3.11. The lowest BCUT2D eigenvalue weighted by molar-refractivity contribution is -0.0248. The Bertz CT molecular complexity index is 1160. The van der Waals surface area contributed by atoms with Gasteiger partial charge >= 0.3 is 0 Å². The molecule has 5 rings (SSSR count). The Morgan fingerprint density at radius 3 is 2.50 bits per heavy atom. The highest BCUT2D eigenvalue weighted by molar-refractivity contribution is 6.30. The third kappa shape index (κ3) is 2.60. The number of halogens is 1. The number of rotatable bonds is 2. The quantitative estimate of drug-likeness (QED) is 0.599. The summed E-state index contributed by atoms with van der Waals surface area (Å²) in [6.45, 7) is 3.13. The van der Waals surface area contributed by atoms with Crippen LogP contribution in [0.3, 0.4) is 0 Å². The maximum atomic E-state index is 13.8. The Balaban J connectivity index is 1.77. The summed E-state index contributed by atoms with van der Waals surface area (Å²) < 4.78 is 0. The van der Waals surface area contributed by atoms with E-state index in [0.29, 0.717) is 29.2 Å². The van der Waals surface area contributed by atoms with Gasteiger partial charge in [-0.05, 0) is 43.7 Å². The molecule has 2 amide bonds. The summed E-state index contributed by atoms with van der Waals surface area (Å²) >= 11 is 6.17. The van der Waals surface area contributed by atoms with Crippen molar-refractivity contribution >= 4 is 23.4 Å². The van der Waals surface area contributed by atoms with Crippen molar-refractivity contribution in [3.05, 3.63) is 106 Å². The van der Waals surface area contributed by atoms with Crippen LogP contribution in [-0.2, 0) is 5.66 Å². The predicted octanol–water partition coefficient (Wildman–Crippen LogP) is 4.85. The Morgan fingerprint density at radius 1 is 0.967 bits per heavy atom. The lowest BCUT2D eigenvalue weighted by Gasteiger charge is -2.51. The zero-order chi connectivity index (χ0) is 20.9. The van der Waals surface area contributed by atoms with E-state index in [9.17, 15) is 9.59 Å². The molecule has 1 saturated heterocycles. The first-order valence-corrected chi connectivity index (χ1v) is 10.5. The topological polar surface area (TPSA) is 40.6 Å². The van der Waals surface area contributed by atoms with Gasteiger partial charge in [-0.2, -0.15) is 0 Å². The summed E-state index contributed by atoms with van der Waals surface area (Å²) in [5, 5.41) is 0.617. The molecule has 0 bridgehead atoms. The van der Waals surface area contributed by atoms with Crippen molar-refractivity contribution in [2.75, 3.05) is 13.1 Å². The van der Waals surface area contributed by atoms with Gasteiger partial charge in [0.2, 0.25) is 0 Å². The zero-order valence-corrected chi connectivity index (χ0v) is 17.4. The molecule has 0 aliphatic carbocycles. The first kappa shape index (κ1) is 18.9. The second-order valence-corrected chi connectivity index (χ2v) is 8.30. The fraction of sp³-hybridized carbons (Fsp3) is 0.200. The normalized spacial score (nSPS) is 20.1. The standard InChI is InChI=1S/C25H21ClN2O2/c1-17-6-4-7-18(16-17)23(29)27-14-5-15-28-24(30)21-8-2-3-9-22(21)25(27,28)19-10-12-20(26)13-11-19/h2-4,6-13,16H,5,14-15H2,1H3. The Kier molecular flexibility index (Phi) is 4.40.